The highest BCUT2D eigenvalue weighted by Crippen LogP contribution is 2.33. The third kappa shape index (κ3) is 31.9. The molecule has 19 heteroatoms. The fourth-order valence-corrected chi connectivity index (χ4v) is 12.0. The average molecular weight is 1220 g/mol. The van der Waals surface area contributed by atoms with Crippen LogP contribution in [0.3, 0.4) is 0 Å². The number of hydrogen-bond donors (Lipinski definition) is 12. The fraction of sp³-hybridized carbons (Fsp3) is 0.955. The third-order valence-electron chi connectivity index (χ3n) is 17.6. The van der Waals surface area contributed by atoms with Gasteiger partial charge in [0.15, 0.2) is 18.9 Å². The van der Waals surface area contributed by atoms with Crippen molar-refractivity contribution < 1.29 is 89.4 Å². The van der Waals surface area contributed by atoms with Crippen LogP contribution in [0, 0.1) is 0 Å². The summed E-state index contributed by atoms with van der Waals surface area (Å²) in [5, 5.41) is 120. The molecule has 1 amide bonds. The minimum absolute atomic E-state index is 0.250. The Morgan fingerprint density at radius 1 is 0.412 bits per heavy atom. The van der Waals surface area contributed by atoms with Gasteiger partial charge in [0.1, 0.15) is 73.2 Å². The van der Waals surface area contributed by atoms with Gasteiger partial charge in [0, 0.05) is 6.42 Å². The van der Waals surface area contributed by atoms with Crippen molar-refractivity contribution in [2.45, 2.75) is 375 Å². The molecule has 3 heterocycles. The first-order chi connectivity index (χ1) is 41.3. The number of unbranched alkanes of at least 4 members (excludes halogenated alkanes) is 35. The van der Waals surface area contributed by atoms with Gasteiger partial charge in [-0.3, -0.25) is 4.79 Å². The van der Waals surface area contributed by atoms with Crippen molar-refractivity contribution in [3.05, 3.63) is 12.2 Å². The lowest BCUT2D eigenvalue weighted by Gasteiger charge is -2.48. The molecule has 0 aromatic rings. The van der Waals surface area contributed by atoms with Gasteiger partial charge in [-0.1, -0.05) is 238 Å². The molecule has 0 spiro atoms. The summed E-state index contributed by atoms with van der Waals surface area (Å²) in [6.45, 7) is 1.78. The molecule has 502 valence electrons. The van der Waals surface area contributed by atoms with E-state index in [1.807, 2.05) is 0 Å². The van der Waals surface area contributed by atoms with E-state index < -0.39 is 124 Å². The van der Waals surface area contributed by atoms with E-state index in [-0.39, 0.29) is 18.9 Å². The molecular formula is C66H125NO18. The van der Waals surface area contributed by atoms with Gasteiger partial charge in [0.05, 0.1) is 38.6 Å². The highest BCUT2D eigenvalue weighted by molar-refractivity contribution is 5.76. The van der Waals surface area contributed by atoms with Crippen LogP contribution >= 0.6 is 0 Å². The van der Waals surface area contributed by atoms with Crippen LogP contribution in [0.4, 0.5) is 0 Å². The lowest BCUT2D eigenvalue weighted by atomic mass is 9.96. The van der Waals surface area contributed by atoms with Crippen LogP contribution in [0.15, 0.2) is 12.2 Å². The van der Waals surface area contributed by atoms with Gasteiger partial charge in [0.2, 0.25) is 5.91 Å². The minimum Gasteiger partial charge on any atom is -0.394 e. The minimum atomic E-state index is -1.97. The molecule has 3 rings (SSSR count). The topological polar surface area (TPSA) is 307 Å². The first-order valence-corrected chi connectivity index (χ1v) is 34.4. The molecular weight excluding hydrogens is 1090 g/mol. The number of carbonyl (C=O) groups excluding carboxylic acids is 1. The highest BCUT2D eigenvalue weighted by Gasteiger charge is 2.53. The molecule has 3 saturated heterocycles. The standard InChI is InChI=1S/C66H125NO18/c1-3-5-7-9-11-13-15-17-18-19-20-21-22-23-24-25-26-27-28-29-30-31-32-33-35-37-39-41-43-50(71)49(67-54(72)44-42-40-38-36-34-16-14-12-10-8-6-4-2)48-80-64-60(78)57(75)62(52(46-69)82-64)85-66-61(79)58(76)63(53(47-70)83-66)84-65-59(77)56(74)55(73)51(45-68)81-65/h12,14,49-53,55-66,68-71,73-79H,3-11,13,15-48H2,1-2H3,(H,67,72)/b14-12-. The quantitative estimate of drug-likeness (QED) is 0.0201. The lowest BCUT2D eigenvalue weighted by Crippen LogP contribution is -2.66. The Kier molecular flexibility index (Phi) is 45.1. The molecule has 12 N–H and O–H groups in total. The van der Waals surface area contributed by atoms with Crippen molar-refractivity contribution >= 4 is 5.91 Å². The van der Waals surface area contributed by atoms with Gasteiger partial charge in [-0.05, 0) is 38.5 Å². The summed E-state index contributed by atoms with van der Waals surface area (Å²) in [4.78, 5) is 13.3. The zero-order chi connectivity index (χ0) is 61.9. The second-order valence-corrected chi connectivity index (χ2v) is 25.0. The molecule has 0 aromatic heterocycles. The predicted molar refractivity (Wildman–Crippen MR) is 328 cm³/mol. The Morgan fingerprint density at radius 3 is 1.16 bits per heavy atom. The van der Waals surface area contributed by atoms with Crippen LogP contribution in [0.5, 0.6) is 0 Å². The predicted octanol–water partition coefficient (Wildman–Crippen LogP) is 8.50. The summed E-state index contributed by atoms with van der Waals surface area (Å²) >= 11 is 0. The van der Waals surface area contributed by atoms with Crippen molar-refractivity contribution in [3.8, 4) is 0 Å². The maximum Gasteiger partial charge on any atom is 0.220 e. The summed E-state index contributed by atoms with van der Waals surface area (Å²) in [5.74, 6) is -0.250. The van der Waals surface area contributed by atoms with E-state index in [9.17, 15) is 61.0 Å². The fourth-order valence-electron chi connectivity index (χ4n) is 12.0. The zero-order valence-electron chi connectivity index (χ0n) is 52.9. The molecule has 3 fully saturated rings. The molecule has 3 aliphatic heterocycles. The number of hydrogen-bond acceptors (Lipinski definition) is 18. The molecule has 0 aliphatic carbocycles. The molecule has 3 aliphatic rings. The number of carbonyl (C=O) groups is 1. The van der Waals surface area contributed by atoms with Gasteiger partial charge in [-0.15, -0.1) is 0 Å². The van der Waals surface area contributed by atoms with E-state index in [1.165, 1.54) is 173 Å². The lowest BCUT2D eigenvalue weighted by molar-refractivity contribution is -0.379. The van der Waals surface area contributed by atoms with Crippen molar-refractivity contribution in [2.24, 2.45) is 0 Å². The van der Waals surface area contributed by atoms with Crippen LogP contribution < -0.4 is 5.32 Å². The summed E-state index contributed by atoms with van der Waals surface area (Å²) in [6, 6.07) is -0.888. The number of rotatable bonds is 53. The van der Waals surface area contributed by atoms with Gasteiger partial charge < -0.3 is 89.9 Å². The Bertz CT molecular complexity index is 1600. The average Bonchev–Trinajstić information content (AvgIpc) is 3.18. The van der Waals surface area contributed by atoms with Crippen LogP contribution in [-0.4, -0.2) is 193 Å². The number of nitrogens with one attached hydrogen (secondary N) is 1. The van der Waals surface area contributed by atoms with Crippen molar-refractivity contribution in [1.29, 1.82) is 0 Å². The van der Waals surface area contributed by atoms with E-state index in [2.05, 4.69) is 31.3 Å². The highest BCUT2D eigenvalue weighted by atomic mass is 16.8. The number of aliphatic hydroxyl groups is 11. The van der Waals surface area contributed by atoms with Gasteiger partial charge in [-0.25, -0.2) is 0 Å². The summed E-state index contributed by atoms with van der Waals surface area (Å²) in [5.41, 5.74) is 0. The van der Waals surface area contributed by atoms with E-state index in [0.29, 0.717) is 12.8 Å². The summed E-state index contributed by atoms with van der Waals surface area (Å²) in [7, 11) is 0. The Hall–Kier alpha value is -1.47. The van der Waals surface area contributed by atoms with Crippen LogP contribution in [0.1, 0.15) is 271 Å². The van der Waals surface area contributed by atoms with Crippen molar-refractivity contribution in [2.75, 3.05) is 26.4 Å². The smallest absolute Gasteiger partial charge is 0.220 e. The number of ether oxygens (including phenoxy) is 6. The first-order valence-electron chi connectivity index (χ1n) is 34.4. The van der Waals surface area contributed by atoms with Crippen LogP contribution in [0.25, 0.3) is 0 Å². The molecule has 17 atom stereocenters. The van der Waals surface area contributed by atoms with Gasteiger partial charge in [0.25, 0.3) is 0 Å². The largest absolute Gasteiger partial charge is 0.394 e. The monoisotopic (exact) mass is 1220 g/mol. The molecule has 19 nitrogen and oxygen atoms in total. The first kappa shape index (κ1) is 77.8. The Labute approximate surface area is 512 Å². The maximum absolute atomic E-state index is 13.3. The molecule has 0 radical (unpaired) electrons. The normalized spacial score (nSPS) is 29.0. The van der Waals surface area contributed by atoms with Crippen LogP contribution in [-0.2, 0) is 33.2 Å². The van der Waals surface area contributed by atoms with Crippen LogP contribution in [0.2, 0.25) is 0 Å². The van der Waals surface area contributed by atoms with Crippen molar-refractivity contribution in [1.82, 2.24) is 5.32 Å². The second-order valence-electron chi connectivity index (χ2n) is 25.0. The second kappa shape index (κ2) is 49.3. The third-order valence-corrected chi connectivity index (χ3v) is 17.6. The summed E-state index contributed by atoms with van der Waals surface area (Å²) in [6.07, 6.45) is 26.0. The zero-order valence-corrected chi connectivity index (χ0v) is 52.9. The van der Waals surface area contributed by atoms with E-state index in [0.717, 1.165) is 64.2 Å². The Morgan fingerprint density at radius 2 is 0.741 bits per heavy atom. The Balaban J connectivity index is 1.39. The SMILES string of the molecule is CCCCC/C=C\CCCCCCCC(=O)NC(COC1OC(CO)C(OC2OC(CO)C(OC3OC(CO)C(O)C(O)C3O)C(O)C2O)C(O)C1O)C(O)CCCCCCCCCCCCCCCCCCCCCCCCCCCCCC. The van der Waals surface area contributed by atoms with Gasteiger partial charge >= 0.3 is 0 Å². The van der Waals surface area contributed by atoms with Crippen molar-refractivity contribution in [3.63, 3.8) is 0 Å². The maximum atomic E-state index is 13.3. The van der Waals surface area contributed by atoms with Gasteiger partial charge in [-0.2, -0.15) is 0 Å². The number of allylic oxidation sites excluding steroid dienone is 2. The molecule has 85 heavy (non-hydrogen) atoms. The van der Waals surface area contributed by atoms with E-state index in [1.54, 1.807) is 0 Å². The molecule has 0 aromatic carbocycles. The number of amides is 1. The number of aliphatic hydroxyl groups excluding tert-OH is 11. The van der Waals surface area contributed by atoms with E-state index in [4.69, 9.17) is 28.4 Å². The van der Waals surface area contributed by atoms with E-state index >= 15 is 0 Å². The summed E-state index contributed by atoms with van der Waals surface area (Å²) < 4.78 is 34.4. The molecule has 17 unspecified atom stereocenters. The molecule has 0 saturated carbocycles. The molecule has 0 bridgehead atoms.